The van der Waals surface area contributed by atoms with Crippen LogP contribution >= 0.6 is 0 Å². The zero-order valence-corrected chi connectivity index (χ0v) is 8.59. The van der Waals surface area contributed by atoms with E-state index in [-0.39, 0.29) is 6.04 Å². The molecule has 0 saturated carbocycles. The van der Waals surface area contributed by atoms with Crippen molar-refractivity contribution in [1.82, 2.24) is 9.97 Å². The van der Waals surface area contributed by atoms with Crippen LogP contribution in [0.4, 0.5) is 5.95 Å². The summed E-state index contributed by atoms with van der Waals surface area (Å²) in [6.45, 7) is 2.21. The Kier molecular flexibility index (Phi) is 2.46. The summed E-state index contributed by atoms with van der Waals surface area (Å²) in [6.07, 6.45) is 4.56. The number of hydrogen-bond acceptors (Lipinski definition) is 3. The van der Waals surface area contributed by atoms with Gasteiger partial charge in [0.15, 0.2) is 5.95 Å². The highest BCUT2D eigenvalue weighted by atomic mass is 15.1. The number of nitrogen functional groups attached to an aromatic ring is 1. The molecule has 0 saturated heterocycles. The molecule has 4 nitrogen and oxygen atoms in total. The highest BCUT2D eigenvalue weighted by Gasteiger charge is 2.26. The van der Waals surface area contributed by atoms with Gasteiger partial charge < -0.3 is 16.5 Å². The Morgan fingerprint density at radius 1 is 1.57 bits per heavy atom. The number of aromatic amines is 1. The van der Waals surface area contributed by atoms with Gasteiger partial charge in [0, 0.05) is 11.7 Å². The molecule has 1 aromatic rings. The molecule has 0 bridgehead atoms. The Morgan fingerprint density at radius 2 is 2.36 bits per heavy atom. The fraction of sp³-hybridized carbons (Fsp3) is 0.700. The van der Waals surface area contributed by atoms with E-state index in [1.807, 2.05) is 0 Å². The van der Waals surface area contributed by atoms with Gasteiger partial charge in [-0.1, -0.05) is 19.8 Å². The normalized spacial score (nSPS) is 26.1. The number of nitrogens with zero attached hydrogens (tertiary/aromatic N) is 1. The molecule has 14 heavy (non-hydrogen) atoms. The summed E-state index contributed by atoms with van der Waals surface area (Å²) >= 11 is 0. The number of anilines is 1. The smallest absolute Gasteiger partial charge is 0.197 e. The monoisotopic (exact) mass is 194 g/mol. The van der Waals surface area contributed by atoms with Crippen LogP contribution < -0.4 is 11.5 Å². The average molecular weight is 194 g/mol. The summed E-state index contributed by atoms with van der Waals surface area (Å²) < 4.78 is 0. The maximum Gasteiger partial charge on any atom is 0.197 e. The number of fused-ring (bicyclic) bond motifs is 1. The third-order valence-corrected chi connectivity index (χ3v) is 2.96. The fourth-order valence-electron chi connectivity index (χ4n) is 2.38. The van der Waals surface area contributed by atoms with Crippen LogP contribution in [0.5, 0.6) is 0 Å². The molecular formula is C10H18N4. The van der Waals surface area contributed by atoms with Gasteiger partial charge in [-0.25, -0.2) is 4.98 Å². The van der Waals surface area contributed by atoms with Crippen molar-refractivity contribution >= 4 is 5.95 Å². The summed E-state index contributed by atoms with van der Waals surface area (Å²) in [7, 11) is 0. The maximum absolute atomic E-state index is 6.04. The van der Waals surface area contributed by atoms with Gasteiger partial charge in [0.1, 0.15) is 0 Å². The molecule has 0 aliphatic heterocycles. The number of hydrogen-bond donors (Lipinski definition) is 3. The zero-order chi connectivity index (χ0) is 10.1. The van der Waals surface area contributed by atoms with Crippen molar-refractivity contribution in [3.8, 4) is 0 Å². The predicted molar refractivity (Wildman–Crippen MR) is 56.6 cm³/mol. The summed E-state index contributed by atoms with van der Waals surface area (Å²) in [5.74, 6) is 1.20. The lowest BCUT2D eigenvalue weighted by molar-refractivity contribution is 0.373. The third-order valence-electron chi connectivity index (χ3n) is 2.96. The van der Waals surface area contributed by atoms with Crippen molar-refractivity contribution in [2.45, 2.75) is 38.6 Å². The second kappa shape index (κ2) is 3.61. The zero-order valence-electron chi connectivity index (χ0n) is 8.59. The van der Waals surface area contributed by atoms with E-state index in [4.69, 9.17) is 11.5 Å². The molecule has 0 radical (unpaired) electrons. The van der Waals surface area contributed by atoms with Crippen molar-refractivity contribution in [2.24, 2.45) is 11.7 Å². The lowest BCUT2D eigenvalue weighted by Gasteiger charge is -2.25. The quantitative estimate of drug-likeness (QED) is 0.664. The number of nitrogens with two attached hydrogens (primary N) is 2. The van der Waals surface area contributed by atoms with Crippen LogP contribution in [0.15, 0.2) is 0 Å². The first kappa shape index (κ1) is 9.52. The molecule has 0 spiro atoms. The van der Waals surface area contributed by atoms with Crippen LogP contribution in [0.2, 0.25) is 0 Å². The molecule has 78 valence electrons. The Labute approximate surface area is 84.1 Å². The Bertz CT molecular complexity index is 318. The molecular weight excluding hydrogens is 176 g/mol. The molecule has 2 rings (SSSR count). The average Bonchev–Trinajstić information content (AvgIpc) is 2.47. The Balaban J connectivity index is 2.19. The van der Waals surface area contributed by atoms with Crippen molar-refractivity contribution < 1.29 is 0 Å². The van der Waals surface area contributed by atoms with E-state index in [9.17, 15) is 0 Å². The minimum Gasteiger partial charge on any atom is -0.369 e. The van der Waals surface area contributed by atoms with Crippen molar-refractivity contribution in [1.29, 1.82) is 0 Å². The van der Waals surface area contributed by atoms with E-state index < -0.39 is 0 Å². The first-order valence-corrected chi connectivity index (χ1v) is 5.30. The molecule has 1 aliphatic rings. The number of imidazole rings is 1. The van der Waals surface area contributed by atoms with Crippen LogP contribution in [0.1, 0.15) is 43.6 Å². The van der Waals surface area contributed by atoms with Crippen molar-refractivity contribution in [2.75, 3.05) is 5.73 Å². The van der Waals surface area contributed by atoms with Crippen LogP contribution in [0, 0.1) is 5.92 Å². The number of nitrogens with one attached hydrogen (secondary N) is 1. The molecule has 1 aromatic heterocycles. The summed E-state index contributed by atoms with van der Waals surface area (Å²) in [4.78, 5) is 7.33. The van der Waals surface area contributed by atoms with E-state index in [1.54, 1.807) is 0 Å². The lowest BCUT2D eigenvalue weighted by atomic mass is 9.84. The van der Waals surface area contributed by atoms with Crippen LogP contribution in [-0.4, -0.2) is 9.97 Å². The number of aromatic nitrogens is 2. The van der Waals surface area contributed by atoms with E-state index in [2.05, 4.69) is 16.9 Å². The molecule has 0 amide bonds. The largest absolute Gasteiger partial charge is 0.369 e. The van der Waals surface area contributed by atoms with Gasteiger partial charge in [-0.2, -0.15) is 0 Å². The van der Waals surface area contributed by atoms with Crippen LogP contribution in [0.3, 0.4) is 0 Å². The molecule has 1 aliphatic carbocycles. The number of H-pyrrole nitrogens is 1. The van der Waals surface area contributed by atoms with E-state index >= 15 is 0 Å². The van der Waals surface area contributed by atoms with E-state index in [1.165, 1.54) is 12.8 Å². The molecule has 0 fully saturated rings. The van der Waals surface area contributed by atoms with Gasteiger partial charge in [0.05, 0.1) is 5.69 Å². The predicted octanol–water partition coefficient (Wildman–Crippen LogP) is 1.35. The van der Waals surface area contributed by atoms with Crippen molar-refractivity contribution in [3.05, 3.63) is 11.4 Å². The lowest BCUT2D eigenvalue weighted by Crippen LogP contribution is -2.24. The summed E-state index contributed by atoms with van der Waals surface area (Å²) in [6, 6.07) is 0.0730. The van der Waals surface area contributed by atoms with Gasteiger partial charge in [-0.05, 0) is 18.8 Å². The van der Waals surface area contributed by atoms with Gasteiger partial charge in [-0.3, -0.25) is 0 Å². The highest BCUT2D eigenvalue weighted by Crippen LogP contribution is 2.32. The first-order chi connectivity index (χ1) is 6.70. The second-order valence-electron chi connectivity index (χ2n) is 4.19. The topological polar surface area (TPSA) is 80.7 Å². The first-order valence-electron chi connectivity index (χ1n) is 5.30. The summed E-state index contributed by atoms with van der Waals surface area (Å²) in [5.41, 5.74) is 13.8. The second-order valence-corrected chi connectivity index (χ2v) is 4.19. The third kappa shape index (κ3) is 1.62. The molecule has 2 atom stereocenters. The van der Waals surface area contributed by atoms with Crippen molar-refractivity contribution in [3.63, 3.8) is 0 Å². The molecule has 4 heteroatoms. The molecule has 1 heterocycles. The van der Waals surface area contributed by atoms with Crippen LogP contribution in [0.25, 0.3) is 0 Å². The maximum atomic E-state index is 6.04. The highest BCUT2D eigenvalue weighted by molar-refractivity contribution is 5.30. The minimum absolute atomic E-state index is 0.0730. The standard InChI is InChI=1S/C10H18N4/c1-2-3-6-4-7(11)9-8(5-6)13-10(12)14-9/h6-7H,2-5,11H2,1H3,(H3,12,13,14)/t6?,7-/m0/s1. The van der Waals surface area contributed by atoms with Gasteiger partial charge >= 0.3 is 0 Å². The van der Waals surface area contributed by atoms with Gasteiger partial charge in [0.25, 0.3) is 0 Å². The summed E-state index contributed by atoms with van der Waals surface area (Å²) in [5, 5.41) is 0. The van der Waals surface area contributed by atoms with E-state index in [0.717, 1.165) is 24.2 Å². The van der Waals surface area contributed by atoms with Gasteiger partial charge in [-0.15, -0.1) is 0 Å². The molecule has 5 N–H and O–H groups in total. The molecule has 0 aromatic carbocycles. The van der Waals surface area contributed by atoms with E-state index in [0.29, 0.717) is 11.9 Å². The fourth-order valence-corrected chi connectivity index (χ4v) is 2.38. The Hall–Kier alpha value is -1.03. The SMILES string of the molecule is CCCC1Cc2[nH]c(N)nc2[C@@H](N)C1. The number of rotatable bonds is 2. The van der Waals surface area contributed by atoms with Crippen LogP contribution in [-0.2, 0) is 6.42 Å². The van der Waals surface area contributed by atoms with Gasteiger partial charge in [0.2, 0.25) is 0 Å². The Morgan fingerprint density at radius 3 is 3.07 bits per heavy atom. The molecule has 1 unspecified atom stereocenters. The minimum atomic E-state index is 0.0730.